The van der Waals surface area contributed by atoms with Gasteiger partial charge in [0.05, 0.1) is 10.5 Å². The van der Waals surface area contributed by atoms with Gasteiger partial charge in [-0.1, -0.05) is 11.6 Å². The molecular weight excluding hydrogens is 380 g/mol. The summed E-state index contributed by atoms with van der Waals surface area (Å²) in [6.07, 6.45) is 0. The second-order valence-corrected chi connectivity index (χ2v) is 7.62. The summed E-state index contributed by atoms with van der Waals surface area (Å²) in [6.45, 7) is -0.385. The summed E-state index contributed by atoms with van der Waals surface area (Å²) in [5.74, 6) is -1.07. The van der Waals surface area contributed by atoms with E-state index in [9.17, 15) is 18.0 Å². The Labute approximate surface area is 156 Å². The lowest BCUT2D eigenvalue weighted by atomic mass is 10.2. The molecule has 0 aromatic heterocycles. The van der Waals surface area contributed by atoms with Gasteiger partial charge in [0.15, 0.2) is 6.61 Å². The number of rotatable bonds is 6. The Bertz CT molecular complexity index is 894. The number of carbonyl (C=O) groups is 2. The van der Waals surface area contributed by atoms with Crippen molar-refractivity contribution in [2.24, 2.45) is 0 Å². The second-order valence-electron chi connectivity index (χ2n) is 5.50. The Morgan fingerprint density at radius 3 is 2.15 bits per heavy atom. The molecule has 2 aromatic rings. The van der Waals surface area contributed by atoms with E-state index in [0.29, 0.717) is 10.7 Å². The van der Waals surface area contributed by atoms with E-state index < -0.39 is 16.0 Å². The summed E-state index contributed by atoms with van der Waals surface area (Å²) in [6, 6.07) is 11.4. The molecule has 0 aliphatic carbocycles. The van der Waals surface area contributed by atoms with E-state index in [4.69, 9.17) is 16.3 Å². The lowest BCUT2D eigenvalue weighted by Gasteiger charge is -2.11. The Morgan fingerprint density at radius 1 is 1.04 bits per heavy atom. The van der Waals surface area contributed by atoms with E-state index >= 15 is 0 Å². The summed E-state index contributed by atoms with van der Waals surface area (Å²) in [4.78, 5) is 24.6. The molecule has 0 saturated heterocycles. The highest BCUT2D eigenvalue weighted by Crippen LogP contribution is 2.19. The molecule has 0 bridgehead atoms. The molecule has 0 radical (unpaired) electrons. The van der Waals surface area contributed by atoms with Crippen LogP contribution < -0.4 is 4.72 Å². The molecular formula is C17H17ClN2O5S. The number of hydrogen-bond acceptors (Lipinski definition) is 5. The number of esters is 1. The number of likely N-dealkylation sites (N-methyl/N-ethyl adjacent to an activating group) is 1. The van der Waals surface area contributed by atoms with Gasteiger partial charge in [-0.05, 0) is 48.5 Å². The minimum atomic E-state index is -3.81. The van der Waals surface area contributed by atoms with Crippen molar-refractivity contribution in [2.75, 3.05) is 25.4 Å². The van der Waals surface area contributed by atoms with Gasteiger partial charge in [0, 0.05) is 24.8 Å². The van der Waals surface area contributed by atoms with Crippen LogP contribution in [0.25, 0.3) is 0 Å². The summed E-state index contributed by atoms with van der Waals surface area (Å²) in [5.41, 5.74) is 0.502. The molecule has 0 heterocycles. The Balaban J connectivity index is 2.06. The number of halogens is 1. The molecule has 26 heavy (non-hydrogen) atoms. The van der Waals surface area contributed by atoms with Crippen LogP contribution in [-0.2, 0) is 19.6 Å². The standard InChI is InChI=1S/C17H17ClN2O5S/c1-20(2)16(21)11-25-17(22)12-3-9-15(10-4-12)26(23,24)19-14-7-5-13(18)6-8-14/h3-10,19H,11H2,1-2H3. The third-order valence-electron chi connectivity index (χ3n) is 3.32. The maximum absolute atomic E-state index is 12.3. The number of nitrogens with one attached hydrogen (secondary N) is 1. The van der Waals surface area contributed by atoms with Crippen LogP contribution in [-0.4, -0.2) is 45.9 Å². The van der Waals surface area contributed by atoms with Crippen molar-refractivity contribution in [3.63, 3.8) is 0 Å². The predicted molar refractivity (Wildman–Crippen MR) is 97.7 cm³/mol. The number of amides is 1. The predicted octanol–water partition coefficient (Wildman–Crippen LogP) is 2.39. The van der Waals surface area contributed by atoms with Gasteiger partial charge in [-0.15, -0.1) is 0 Å². The summed E-state index contributed by atoms with van der Waals surface area (Å²) in [5, 5.41) is 0.489. The molecule has 9 heteroatoms. The average Bonchev–Trinajstić information content (AvgIpc) is 2.61. The Kier molecular flexibility index (Phi) is 6.23. The molecule has 0 aliphatic rings. The van der Waals surface area contributed by atoms with Crippen molar-refractivity contribution >= 4 is 39.2 Å². The fraction of sp³-hybridized carbons (Fsp3) is 0.176. The lowest BCUT2D eigenvalue weighted by molar-refractivity contribution is -0.131. The van der Waals surface area contributed by atoms with Crippen LogP contribution in [0.1, 0.15) is 10.4 Å². The van der Waals surface area contributed by atoms with Crippen LogP contribution >= 0.6 is 11.6 Å². The number of carbonyl (C=O) groups excluding carboxylic acids is 2. The van der Waals surface area contributed by atoms with Crippen molar-refractivity contribution in [1.82, 2.24) is 4.90 Å². The minimum Gasteiger partial charge on any atom is -0.452 e. The largest absolute Gasteiger partial charge is 0.452 e. The molecule has 1 N–H and O–H groups in total. The first kappa shape index (κ1) is 19.7. The van der Waals surface area contributed by atoms with Crippen molar-refractivity contribution in [1.29, 1.82) is 0 Å². The molecule has 0 fully saturated rings. The van der Waals surface area contributed by atoms with Gasteiger partial charge in [-0.25, -0.2) is 13.2 Å². The third kappa shape index (κ3) is 5.21. The summed E-state index contributed by atoms with van der Waals surface area (Å²) in [7, 11) is -0.721. The van der Waals surface area contributed by atoms with Crippen molar-refractivity contribution in [3.8, 4) is 0 Å². The lowest BCUT2D eigenvalue weighted by Crippen LogP contribution is -2.27. The van der Waals surface area contributed by atoms with E-state index in [0.717, 1.165) is 0 Å². The maximum Gasteiger partial charge on any atom is 0.338 e. The number of sulfonamides is 1. The quantitative estimate of drug-likeness (QED) is 0.757. The zero-order valence-electron chi connectivity index (χ0n) is 14.1. The van der Waals surface area contributed by atoms with Crippen LogP contribution in [0.4, 0.5) is 5.69 Å². The van der Waals surface area contributed by atoms with Crippen LogP contribution in [0.3, 0.4) is 0 Å². The van der Waals surface area contributed by atoms with Crippen LogP contribution in [0.5, 0.6) is 0 Å². The van der Waals surface area contributed by atoms with E-state index in [-0.39, 0.29) is 23.0 Å². The fourth-order valence-corrected chi connectivity index (χ4v) is 3.03. The van der Waals surface area contributed by atoms with Gasteiger partial charge in [-0.3, -0.25) is 9.52 Å². The van der Waals surface area contributed by atoms with Crippen molar-refractivity contribution in [2.45, 2.75) is 4.90 Å². The van der Waals surface area contributed by atoms with Crippen LogP contribution in [0, 0.1) is 0 Å². The zero-order valence-corrected chi connectivity index (χ0v) is 15.7. The highest BCUT2D eigenvalue weighted by Gasteiger charge is 2.16. The van der Waals surface area contributed by atoms with E-state index in [1.54, 1.807) is 26.2 Å². The average molecular weight is 397 g/mol. The molecule has 0 atom stereocenters. The highest BCUT2D eigenvalue weighted by atomic mass is 35.5. The van der Waals surface area contributed by atoms with Gasteiger partial charge in [-0.2, -0.15) is 0 Å². The smallest absolute Gasteiger partial charge is 0.338 e. The topological polar surface area (TPSA) is 92.8 Å². The number of benzene rings is 2. The van der Waals surface area contributed by atoms with Gasteiger partial charge in [0.2, 0.25) is 0 Å². The Morgan fingerprint density at radius 2 is 1.62 bits per heavy atom. The number of hydrogen-bond donors (Lipinski definition) is 1. The van der Waals surface area contributed by atoms with Crippen LogP contribution in [0.2, 0.25) is 5.02 Å². The summed E-state index contributed by atoms with van der Waals surface area (Å²) >= 11 is 5.76. The van der Waals surface area contributed by atoms with E-state index in [1.165, 1.54) is 41.3 Å². The molecule has 0 spiro atoms. The number of ether oxygens (including phenoxy) is 1. The third-order valence-corrected chi connectivity index (χ3v) is 4.97. The Hall–Kier alpha value is -2.58. The first-order chi connectivity index (χ1) is 12.2. The molecule has 0 aliphatic heterocycles. The van der Waals surface area contributed by atoms with Gasteiger partial charge in [0.1, 0.15) is 0 Å². The van der Waals surface area contributed by atoms with Gasteiger partial charge in [0.25, 0.3) is 15.9 Å². The van der Waals surface area contributed by atoms with Gasteiger partial charge >= 0.3 is 5.97 Å². The first-order valence-electron chi connectivity index (χ1n) is 7.45. The van der Waals surface area contributed by atoms with Crippen molar-refractivity contribution in [3.05, 3.63) is 59.1 Å². The van der Waals surface area contributed by atoms with Crippen molar-refractivity contribution < 1.29 is 22.7 Å². The van der Waals surface area contributed by atoms with Gasteiger partial charge < -0.3 is 9.64 Å². The summed E-state index contributed by atoms with van der Waals surface area (Å²) < 4.78 is 32.0. The normalized spacial score (nSPS) is 10.9. The molecule has 0 saturated carbocycles. The minimum absolute atomic E-state index is 0.0200. The van der Waals surface area contributed by atoms with E-state index in [1.807, 2.05) is 0 Å². The first-order valence-corrected chi connectivity index (χ1v) is 9.31. The zero-order chi connectivity index (χ0) is 19.3. The highest BCUT2D eigenvalue weighted by molar-refractivity contribution is 7.92. The molecule has 7 nitrogen and oxygen atoms in total. The molecule has 2 rings (SSSR count). The molecule has 0 unspecified atom stereocenters. The SMILES string of the molecule is CN(C)C(=O)COC(=O)c1ccc(S(=O)(=O)Nc2ccc(Cl)cc2)cc1. The number of nitrogens with zero attached hydrogens (tertiary/aromatic N) is 1. The monoisotopic (exact) mass is 396 g/mol. The van der Waals surface area contributed by atoms with E-state index in [2.05, 4.69) is 4.72 Å². The maximum atomic E-state index is 12.3. The van der Waals surface area contributed by atoms with Crippen LogP contribution in [0.15, 0.2) is 53.4 Å². The molecule has 138 valence electrons. The molecule has 1 amide bonds. The molecule has 2 aromatic carbocycles. The number of anilines is 1. The second kappa shape index (κ2) is 8.20. The fourth-order valence-electron chi connectivity index (χ4n) is 1.84.